The van der Waals surface area contributed by atoms with Gasteiger partial charge in [-0.25, -0.2) is 0 Å². The van der Waals surface area contributed by atoms with Crippen molar-refractivity contribution in [2.24, 2.45) is 0 Å². The third-order valence-electron chi connectivity index (χ3n) is 10.9. The van der Waals surface area contributed by atoms with Gasteiger partial charge < -0.3 is 28.8 Å². The molecule has 0 bridgehead atoms. The van der Waals surface area contributed by atoms with E-state index in [4.69, 9.17) is 23.7 Å². The molecule has 4 aromatic carbocycles. The fraction of sp³-hybridized carbons (Fsp3) is 0.500. The van der Waals surface area contributed by atoms with Gasteiger partial charge in [0.1, 0.15) is 30.5 Å². The molecule has 6 atom stereocenters. The Balaban J connectivity index is 1.30. The van der Waals surface area contributed by atoms with Crippen LogP contribution in [0.15, 0.2) is 121 Å². The maximum Gasteiger partial charge on any atom is 0.306 e. The minimum absolute atomic E-state index is 0.210. The van der Waals surface area contributed by atoms with E-state index < -0.39 is 36.6 Å². The summed E-state index contributed by atoms with van der Waals surface area (Å²) in [5.74, 6) is -0.331. The number of carbonyl (C=O) groups excluding carboxylic acids is 1. The van der Waals surface area contributed by atoms with Crippen molar-refractivity contribution in [3.63, 3.8) is 0 Å². The number of rotatable bonds is 27. The molecule has 1 saturated carbocycles. The second kappa shape index (κ2) is 26.2. The number of aliphatic hydroxyl groups excluding tert-OH is 1. The highest BCUT2D eigenvalue weighted by Gasteiger charge is 2.55. The molecule has 7 nitrogen and oxygen atoms in total. The van der Waals surface area contributed by atoms with Crippen LogP contribution in [0.3, 0.4) is 0 Å². The third-order valence-corrected chi connectivity index (χ3v) is 10.9. The van der Waals surface area contributed by atoms with E-state index in [1.807, 2.05) is 121 Å². The highest BCUT2D eigenvalue weighted by atomic mass is 16.6. The molecule has 0 spiro atoms. The molecule has 0 aromatic heterocycles. The van der Waals surface area contributed by atoms with Gasteiger partial charge in [0, 0.05) is 6.42 Å². The van der Waals surface area contributed by atoms with Crippen LogP contribution >= 0.6 is 0 Å². The van der Waals surface area contributed by atoms with Crippen LogP contribution in [0.4, 0.5) is 0 Å². The molecule has 0 heterocycles. The number of unbranched alkanes of at least 4 members (excludes halogenated alkanes) is 12. The van der Waals surface area contributed by atoms with Crippen LogP contribution in [0.1, 0.15) is 119 Å². The summed E-state index contributed by atoms with van der Waals surface area (Å²) in [5.41, 5.74) is 3.83. The molecular weight excluding hydrogens is 713 g/mol. The summed E-state index contributed by atoms with van der Waals surface area (Å²) >= 11 is 0. The average Bonchev–Trinajstić information content (AvgIpc) is 3.25. The van der Waals surface area contributed by atoms with E-state index in [0.717, 1.165) is 41.5 Å². The van der Waals surface area contributed by atoms with E-state index >= 15 is 0 Å². The molecule has 4 aromatic rings. The highest BCUT2D eigenvalue weighted by molar-refractivity contribution is 5.69. The summed E-state index contributed by atoms with van der Waals surface area (Å²) in [6.45, 7) is 3.22. The molecule has 1 N–H and O–H groups in total. The SMILES string of the molecule is CCCCCCCCCCCCCCCC(=O)O[C@@H]1[C@H](OCc2ccccc2)[C@@H](OCc2ccccc2)[C@H](OCc2ccccc2)[C@@H](O)[C@@H]1OCc1ccccc1. The van der Waals surface area contributed by atoms with Gasteiger partial charge in [-0.15, -0.1) is 0 Å². The van der Waals surface area contributed by atoms with Gasteiger partial charge in [-0.2, -0.15) is 0 Å². The number of benzene rings is 4. The summed E-state index contributed by atoms with van der Waals surface area (Å²) in [7, 11) is 0. The molecule has 0 saturated heterocycles. The quantitative estimate of drug-likeness (QED) is 0.0477. The second-order valence-electron chi connectivity index (χ2n) is 15.5. The van der Waals surface area contributed by atoms with E-state index in [1.54, 1.807) is 0 Å². The highest BCUT2D eigenvalue weighted by Crippen LogP contribution is 2.35. The molecule has 1 aliphatic rings. The van der Waals surface area contributed by atoms with Crippen LogP contribution in [0.25, 0.3) is 0 Å². The predicted molar refractivity (Wildman–Crippen MR) is 226 cm³/mol. The van der Waals surface area contributed by atoms with Crippen molar-refractivity contribution in [2.45, 2.75) is 160 Å². The van der Waals surface area contributed by atoms with Crippen molar-refractivity contribution < 1.29 is 33.6 Å². The van der Waals surface area contributed by atoms with Crippen molar-refractivity contribution in [2.75, 3.05) is 0 Å². The molecular formula is C50H66O7. The summed E-state index contributed by atoms with van der Waals surface area (Å²) in [4.78, 5) is 13.8. The standard InChI is InChI=1S/C50H66O7/c1-2-3-4-5-6-7-8-9-10-11-12-13-26-35-44(51)57-50-47(54-37-41-29-20-15-21-30-41)45(52)46(53-36-40-27-18-14-19-28-40)48(55-38-42-31-22-16-23-32-42)49(50)56-39-43-33-24-17-25-34-43/h14-25,27-34,45-50,52H,2-13,26,35-39H2,1H3/t45-,46-,47+,48+,49-,50+/m1/s1. The summed E-state index contributed by atoms with van der Waals surface area (Å²) in [5, 5.41) is 12.3. The molecule has 1 fully saturated rings. The van der Waals surface area contributed by atoms with Crippen molar-refractivity contribution in [3.05, 3.63) is 144 Å². The van der Waals surface area contributed by atoms with Gasteiger partial charge in [0.2, 0.25) is 0 Å². The zero-order valence-corrected chi connectivity index (χ0v) is 34.1. The first kappa shape index (κ1) is 44.3. The fourth-order valence-corrected chi connectivity index (χ4v) is 7.60. The topological polar surface area (TPSA) is 83.5 Å². The molecule has 0 aliphatic heterocycles. The van der Waals surface area contributed by atoms with Crippen molar-refractivity contribution in [1.29, 1.82) is 0 Å². The third kappa shape index (κ3) is 15.8. The Morgan fingerprint density at radius 1 is 0.421 bits per heavy atom. The Bertz CT molecular complexity index is 1600. The van der Waals surface area contributed by atoms with Crippen LogP contribution in [0, 0.1) is 0 Å². The Hall–Kier alpha value is -3.85. The molecule has 57 heavy (non-hydrogen) atoms. The number of esters is 1. The van der Waals surface area contributed by atoms with Gasteiger partial charge in [0.05, 0.1) is 26.4 Å². The molecule has 0 unspecified atom stereocenters. The molecule has 7 heteroatoms. The Morgan fingerprint density at radius 3 is 1.09 bits per heavy atom. The Kier molecular flexibility index (Phi) is 20.4. The number of hydrogen-bond donors (Lipinski definition) is 1. The van der Waals surface area contributed by atoms with Gasteiger partial charge >= 0.3 is 5.97 Å². The zero-order valence-electron chi connectivity index (χ0n) is 34.1. The lowest BCUT2D eigenvalue weighted by molar-refractivity contribution is -0.277. The summed E-state index contributed by atoms with van der Waals surface area (Å²) in [6, 6.07) is 39.5. The van der Waals surface area contributed by atoms with E-state index in [9.17, 15) is 9.90 Å². The largest absolute Gasteiger partial charge is 0.457 e. The number of hydrogen-bond acceptors (Lipinski definition) is 7. The Morgan fingerprint density at radius 2 is 0.719 bits per heavy atom. The van der Waals surface area contributed by atoms with E-state index in [1.165, 1.54) is 64.2 Å². The van der Waals surface area contributed by atoms with Gasteiger partial charge in [-0.1, -0.05) is 205 Å². The van der Waals surface area contributed by atoms with Crippen molar-refractivity contribution >= 4 is 5.97 Å². The van der Waals surface area contributed by atoms with E-state index in [-0.39, 0.29) is 38.8 Å². The van der Waals surface area contributed by atoms with Gasteiger partial charge in [-0.3, -0.25) is 4.79 Å². The number of ether oxygens (including phenoxy) is 5. The van der Waals surface area contributed by atoms with Crippen LogP contribution < -0.4 is 0 Å². The molecule has 5 rings (SSSR count). The van der Waals surface area contributed by atoms with Crippen LogP contribution in [0.2, 0.25) is 0 Å². The first-order valence-corrected chi connectivity index (χ1v) is 21.6. The lowest BCUT2D eigenvalue weighted by Crippen LogP contribution is -2.67. The van der Waals surface area contributed by atoms with Gasteiger partial charge in [-0.05, 0) is 28.7 Å². The van der Waals surface area contributed by atoms with E-state index in [0.29, 0.717) is 0 Å². The Labute approximate surface area is 342 Å². The van der Waals surface area contributed by atoms with Gasteiger partial charge in [0.15, 0.2) is 6.10 Å². The first-order chi connectivity index (χ1) is 28.1. The summed E-state index contributed by atoms with van der Waals surface area (Å²) < 4.78 is 32.9. The lowest BCUT2D eigenvalue weighted by atomic mass is 9.83. The van der Waals surface area contributed by atoms with Crippen LogP contribution in [-0.2, 0) is 54.9 Å². The number of aliphatic hydroxyl groups is 1. The fourth-order valence-electron chi connectivity index (χ4n) is 7.60. The van der Waals surface area contributed by atoms with Crippen LogP contribution in [-0.4, -0.2) is 47.7 Å². The predicted octanol–water partition coefficient (Wildman–Crippen LogP) is 11.1. The number of carbonyl (C=O) groups is 1. The molecule has 1 aliphatic carbocycles. The van der Waals surface area contributed by atoms with Gasteiger partial charge in [0.25, 0.3) is 0 Å². The molecule has 308 valence electrons. The normalized spacial score (nSPS) is 20.7. The van der Waals surface area contributed by atoms with E-state index in [2.05, 4.69) is 6.92 Å². The molecule has 0 amide bonds. The summed E-state index contributed by atoms with van der Waals surface area (Å²) in [6.07, 6.45) is 10.7. The maximum absolute atomic E-state index is 13.8. The monoisotopic (exact) mass is 778 g/mol. The van der Waals surface area contributed by atoms with Crippen LogP contribution in [0.5, 0.6) is 0 Å². The first-order valence-electron chi connectivity index (χ1n) is 21.6. The smallest absolute Gasteiger partial charge is 0.306 e. The van der Waals surface area contributed by atoms with Crippen molar-refractivity contribution in [3.8, 4) is 0 Å². The zero-order chi connectivity index (χ0) is 39.8. The minimum atomic E-state index is -1.19. The average molecular weight is 779 g/mol. The lowest BCUT2D eigenvalue weighted by Gasteiger charge is -2.48. The molecule has 0 radical (unpaired) electrons. The second-order valence-corrected chi connectivity index (χ2v) is 15.5. The van der Waals surface area contributed by atoms with Crippen molar-refractivity contribution in [1.82, 2.24) is 0 Å². The maximum atomic E-state index is 13.8. The minimum Gasteiger partial charge on any atom is -0.457 e.